The van der Waals surface area contributed by atoms with Crippen molar-refractivity contribution >= 4 is 23.9 Å². The standard InChI is InChI=1S/C27H31N7O6/c1-3-40-27(39)33-15-13-32(14-16-33)26(38)20(9-10-23(35)36)29-25(37)21-17-22(34-12-11-18(2)31-34)30-24(28-21)19-7-5-4-6-8-19/h4-8,11-12,17,20H,3,9-10,13-16H2,1-2H3,(H,29,37)(H,35,36)/t20-/m0/s1. The van der Waals surface area contributed by atoms with Crippen molar-refractivity contribution in [2.24, 2.45) is 0 Å². The molecule has 0 radical (unpaired) electrons. The van der Waals surface area contributed by atoms with E-state index in [1.54, 1.807) is 19.2 Å². The number of carboxylic acids is 1. The monoisotopic (exact) mass is 549 g/mol. The Morgan fingerprint density at radius 2 is 1.73 bits per heavy atom. The molecule has 0 aliphatic carbocycles. The average Bonchev–Trinajstić information content (AvgIpc) is 3.41. The maximum absolute atomic E-state index is 13.5. The van der Waals surface area contributed by atoms with Crippen molar-refractivity contribution in [1.82, 2.24) is 34.9 Å². The first-order chi connectivity index (χ1) is 19.2. The summed E-state index contributed by atoms with van der Waals surface area (Å²) in [5, 5.41) is 16.3. The molecule has 40 heavy (non-hydrogen) atoms. The zero-order valence-corrected chi connectivity index (χ0v) is 22.3. The molecule has 1 fully saturated rings. The van der Waals surface area contributed by atoms with Gasteiger partial charge in [0.2, 0.25) is 5.91 Å². The predicted molar refractivity (Wildman–Crippen MR) is 143 cm³/mol. The first-order valence-corrected chi connectivity index (χ1v) is 13.0. The van der Waals surface area contributed by atoms with Crippen LogP contribution in [0, 0.1) is 6.92 Å². The van der Waals surface area contributed by atoms with Crippen LogP contribution in [0.15, 0.2) is 48.7 Å². The molecular weight excluding hydrogens is 518 g/mol. The van der Waals surface area contributed by atoms with Gasteiger partial charge in [0.15, 0.2) is 11.6 Å². The van der Waals surface area contributed by atoms with Crippen LogP contribution in [0.3, 0.4) is 0 Å². The topological polar surface area (TPSA) is 160 Å². The van der Waals surface area contributed by atoms with Gasteiger partial charge in [-0.3, -0.25) is 14.4 Å². The van der Waals surface area contributed by atoms with Crippen LogP contribution in [-0.4, -0.2) is 97.4 Å². The Morgan fingerprint density at radius 1 is 1.02 bits per heavy atom. The second-order valence-corrected chi connectivity index (χ2v) is 9.17. The van der Waals surface area contributed by atoms with Crippen molar-refractivity contribution in [2.45, 2.75) is 32.7 Å². The molecule has 3 heterocycles. The van der Waals surface area contributed by atoms with Crippen LogP contribution in [0.1, 0.15) is 35.9 Å². The van der Waals surface area contributed by atoms with E-state index in [1.807, 2.05) is 37.3 Å². The van der Waals surface area contributed by atoms with Crippen molar-refractivity contribution in [3.63, 3.8) is 0 Å². The maximum Gasteiger partial charge on any atom is 0.409 e. The van der Waals surface area contributed by atoms with E-state index in [9.17, 15) is 24.3 Å². The van der Waals surface area contributed by atoms with Crippen molar-refractivity contribution in [3.8, 4) is 17.2 Å². The summed E-state index contributed by atoms with van der Waals surface area (Å²) < 4.78 is 6.54. The number of carbonyl (C=O) groups excluding carboxylic acids is 3. The molecule has 13 heteroatoms. The lowest BCUT2D eigenvalue weighted by Gasteiger charge is -2.35. The van der Waals surface area contributed by atoms with Crippen LogP contribution >= 0.6 is 0 Å². The minimum Gasteiger partial charge on any atom is -0.481 e. The highest BCUT2D eigenvalue weighted by molar-refractivity contribution is 5.97. The highest BCUT2D eigenvalue weighted by atomic mass is 16.6. The Morgan fingerprint density at radius 3 is 2.35 bits per heavy atom. The fraction of sp³-hybridized carbons (Fsp3) is 0.370. The lowest BCUT2D eigenvalue weighted by Crippen LogP contribution is -2.56. The van der Waals surface area contributed by atoms with Crippen LogP contribution in [0.25, 0.3) is 17.2 Å². The van der Waals surface area contributed by atoms with Gasteiger partial charge in [0, 0.05) is 50.4 Å². The van der Waals surface area contributed by atoms with Gasteiger partial charge in [0.05, 0.1) is 12.3 Å². The smallest absolute Gasteiger partial charge is 0.409 e. The maximum atomic E-state index is 13.5. The number of aryl methyl sites for hydroxylation is 1. The Labute approximate surface area is 230 Å². The third kappa shape index (κ3) is 6.98. The molecule has 0 saturated carbocycles. The Kier molecular flexibility index (Phi) is 9.04. The molecule has 13 nitrogen and oxygen atoms in total. The molecule has 0 unspecified atom stereocenters. The molecule has 1 aromatic carbocycles. The number of benzene rings is 1. The van der Waals surface area contributed by atoms with Gasteiger partial charge in [-0.05, 0) is 26.3 Å². The summed E-state index contributed by atoms with van der Waals surface area (Å²) in [5.74, 6) is -1.53. The largest absolute Gasteiger partial charge is 0.481 e. The van der Waals surface area contributed by atoms with E-state index in [1.165, 1.54) is 20.5 Å². The summed E-state index contributed by atoms with van der Waals surface area (Å²) in [5.41, 5.74) is 1.44. The second kappa shape index (κ2) is 12.8. The fourth-order valence-corrected chi connectivity index (χ4v) is 4.23. The lowest BCUT2D eigenvalue weighted by atomic mass is 10.1. The lowest BCUT2D eigenvalue weighted by molar-refractivity contribution is -0.138. The average molecular weight is 550 g/mol. The predicted octanol–water partition coefficient (Wildman–Crippen LogP) is 1.90. The van der Waals surface area contributed by atoms with E-state index in [0.717, 1.165) is 5.69 Å². The van der Waals surface area contributed by atoms with Gasteiger partial charge in [-0.15, -0.1) is 0 Å². The summed E-state index contributed by atoms with van der Waals surface area (Å²) in [4.78, 5) is 62.2. The number of carboxylic acid groups (broad SMARTS) is 1. The van der Waals surface area contributed by atoms with Gasteiger partial charge < -0.3 is 25.0 Å². The number of hydrogen-bond acceptors (Lipinski definition) is 8. The molecule has 1 aliphatic heterocycles. The molecule has 1 atom stereocenters. The zero-order chi connectivity index (χ0) is 28.6. The molecule has 2 aromatic heterocycles. The van der Waals surface area contributed by atoms with Crippen molar-refractivity contribution < 1.29 is 29.0 Å². The Hall–Kier alpha value is -4.81. The number of piperazine rings is 1. The molecule has 1 aliphatic rings. The van der Waals surface area contributed by atoms with Crippen molar-refractivity contribution in [1.29, 1.82) is 0 Å². The first kappa shape index (κ1) is 28.2. The van der Waals surface area contributed by atoms with Crippen LogP contribution < -0.4 is 5.32 Å². The van der Waals surface area contributed by atoms with Crippen molar-refractivity contribution in [3.05, 3.63) is 60.0 Å². The van der Waals surface area contributed by atoms with Gasteiger partial charge in [-0.25, -0.2) is 19.4 Å². The molecule has 3 aromatic rings. The number of amides is 3. The summed E-state index contributed by atoms with van der Waals surface area (Å²) in [7, 11) is 0. The zero-order valence-electron chi connectivity index (χ0n) is 22.3. The third-order valence-corrected chi connectivity index (χ3v) is 6.30. The number of rotatable bonds is 9. The first-order valence-electron chi connectivity index (χ1n) is 13.0. The second-order valence-electron chi connectivity index (χ2n) is 9.17. The van der Waals surface area contributed by atoms with Crippen LogP contribution in [0.2, 0.25) is 0 Å². The van der Waals surface area contributed by atoms with E-state index in [0.29, 0.717) is 17.2 Å². The van der Waals surface area contributed by atoms with Crippen molar-refractivity contribution in [2.75, 3.05) is 32.8 Å². The van der Waals surface area contributed by atoms with Crippen LogP contribution in [0.4, 0.5) is 4.79 Å². The highest BCUT2D eigenvalue weighted by Gasteiger charge is 2.31. The quantitative estimate of drug-likeness (QED) is 0.406. The van der Waals surface area contributed by atoms with Gasteiger partial charge in [-0.1, -0.05) is 30.3 Å². The van der Waals surface area contributed by atoms with E-state index >= 15 is 0 Å². The number of nitrogens with zero attached hydrogens (tertiary/aromatic N) is 6. The SMILES string of the molecule is CCOC(=O)N1CCN(C(=O)[C@H](CCC(=O)O)NC(=O)c2cc(-n3ccc(C)n3)nc(-c3ccccc3)n2)CC1. The Bertz CT molecular complexity index is 1370. The molecule has 210 valence electrons. The van der Waals surface area contributed by atoms with E-state index in [-0.39, 0.29) is 51.3 Å². The number of aromatic nitrogens is 4. The van der Waals surface area contributed by atoms with Gasteiger partial charge in [0.1, 0.15) is 11.7 Å². The van der Waals surface area contributed by atoms with E-state index in [4.69, 9.17) is 4.74 Å². The fourth-order valence-electron chi connectivity index (χ4n) is 4.23. The van der Waals surface area contributed by atoms with Crippen LogP contribution in [0.5, 0.6) is 0 Å². The summed E-state index contributed by atoms with van der Waals surface area (Å²) in [6.07, 6.45) is 0.825. The number of nitrogens with one attached hydrogen (secondary N) is 1. The molecule has 3 amide bonds. The normalized spacial score (nSPS) is 13.9. The molecule has 0 bridgehead atoms. The van der Waals surface area contributed by atoms with E-state index in [2.05, 4.69) is 20.4 Å². The molecule has 1 saturated heterocycles. The summed E-state index contributed by atoms with van der Waals surface area (Å²) in [6, 6.07) is 11.3. The minimum atomic E-state index is -1.11. The van der Waals surface area contributed by atoms with Gasteiger partial charge >= 0.3 is 12.1 Å². The summed E-state index contributed by atoms with van der Waals surface area (Å²) in [6.45, 7) is 4.78. The molecule has 2 N–H and O–H groups in total. The third-order valence-electron chi connectivity index (χ3n) is 6.30. The number of hydrogen-bond donors (Lipinski definition) is 2. The number of ether oxygens (including phenoxy) is 1. The Balaban J connectivity index is 1.57. The highest BCUT2D eigenvalue weighted by Crippen LogP contribution is 2.18. The molecule has 0 spiro atoms. The number of aliphatic carboxylic acids is 1. The van der Waals surface area contributed by atoms with Gasteiger partial charge in [-0.2, -0.15) is 5.10 Å². The van der Waals surface area contributed by atoms with Crippen LogP contribution in [-0.2, 0) is 14.3 Å². The minimum absolute atomic E-state index is 0.00254. The van der Waals surface area contributed by atoms with E-state index < -0.39 is 29.9 Å². The number of carbonyl (C=O) groups is 4. The summed E-state index contributed by atoms with van der Waals surface area (Å²) >= 11 is 0. The van der Waals surface area contributed by atoms with Gasteiger partial charge in [0.25, 0.3) is 5.91 Å². The molecule has 4 rings (SSSR count). The molecular formula is C27H31N7O6.